The number of ketones is 1. The fourth-order valence-corrected chi connectivity index (χ4v) is 11.6. The molecule has 4 aliphatic carbocycles. The second-order valence-corrected chi connectivity index (χ2v) is 17.3. The molecule has 0 saturated heterocycles. The minimum atomic E-state index is -1.10. The zero-order chi connectivity index (χ0) is 33.2. The zero-order valence-corrected chi connectivity index (χ0v) is 30.5. The molecule has 0 spiro atoms. The van der Waals surface area contributed by atoms with Gasteiger partial charge in [0.05, 0.1) is 0 Å². The summed E-state index contributed by atoms with van der Waals surface area (Å²) in [5.41, 5.74) is -0.510. The Balaban J connectivity index is 1.15. The third kappa shape index (κ3) is 9.09. The minimum absolute atomic E-state index is 0.125. The number of carboxylic acids is 1. The Morgan fingerprint density at radius 3 is 2.04 bits per heavy atom. The Labute approximate surface area is 283 Å². The van der Waals surface area contributed by atoms with Gasteiger partial charge in [-0.1, -0.05) is 91.2 Å². The van der Waals surface area contributed by atoms with Gasteiger partial charge in [-0.2, -0.15) is 0 Å². The molecule has 0 radical (unpaired) electrons. The molecule has 4 nitrogen and oxygen atoms in total. The van der Waals surface area contributed by atoms with E-state index in [0.29, 0.717) is 54.8 Å². The molecule has 9 atom stereocenters. The van der Waals surface area contributed by atoms with E-state index in [1.54, 1.807) is 0 Å². The molecule has 0 aliphatic heterocycles. The number of fused-ring (bicyclic) bond motifs is 5. The quantitative estimate of drug-likeness (QED) is 0.103. The molecule has 4 aliphatic rings. The second-order valence-electron chi connectivity index (χ2n) is 17.3. The maximum absolute atomic E-state index is 13.4. The van der Waals surface area contributed by atoms with Crippen LogP contribution >= 0.6 is 0 Å². The van der Waals surface area contributed by atoms with Crippen LogP contribution in [0.25, 0.3) is 0 Å². The number of carbonyl (C=O) groups is 2. The Morgan fingerprint density at radius 2 is 1.37 bits per heavy atom. The van der Waals surface area contributed by atoms with Crippen molar-refractivity contribution in [2.75, 3.05) is 0 Å². The first kappa shape index (κ1) is 37.7. The fourth-order valence-electron chi connectivity index (χ4n) is 11.6. The van der Waals surface area contributed by atoms with Crippen LogP contribution in [0.1, 0.15) is 188 Å². The molecule has 0 aromatic carbocycles. The van der Waals surface area contributed by atoms with E-state index in [9.17, 15) is 19.8 Å². The Hall–Kier alpha value is -1.16. The second kappa shape index (κ2) is 17.5. The number of carboxylic acid groups (broad SMARTS) is 1. The van der Waals surface area contributed by atoms with Gasteiger partial charge in [-0.25, -0.2) is 0 Å². The van der Waals surface area contributed by atoms with Crippen LogP contribution in [0.5, 0.6) is 0 Å². The van der Waals surface area contributed by atoms with Gasteiger partial charge in [0.1, 0.15) is 5.60 Å². The molecule has 1 unspecified atom stereocenters. The van der Waals surface area contributed by atoms with Crippen molar-refractivity contribution in [1.82, 2.24) is 0 Å². The number of Topliss-reactive ketones (excluding diaryl/α,β-unsaturated/α-hetero) is 1. The molecule has 0 amide bonds. The monoisotopic (exact) mass is 641 g/mol. The maximum atomic E-state index is 13.4. The molecule has 4 saturated carbocycles. The lowest BCUT2D eigenvalue weighted by molar-refractivity contribution is -0.167. The summed E-state index contributed by atoms with van der Waals surface area (Å²) in [4.78, 5) is 24.7. The lowest BCUT2D eigenvalue weighted by Crippen LogP contribution is -2.57. The SMILES string of the molecule is CCCCCCCCC=CCCCCCCCC(=O)[C@@]1(O)CC[C@@]2(C)C(CC[C@H]3[C@@H]4CC[C@H]([C@H](C)CCC(=O)O)[C@@]4(C)CC[C@@H]32)C1. The molecule has 2 N–H and O–H groups in total. The number of aliphatic hydroxyl groups is 1. The van der Waals surface area contributed by atoms with E-state index < -0.39 is 11.6 Å². The molecule has 4 heteroatoms. The highest BCUT2D eigenvalue weighted by atomic mass is 16.4. The van der Waals surface area contributed by atoms with E-state index in [1.165, 1.54) is 103 Å². The topological polar surface area (TPSA) is 74.6 Å². The molecule has 4 fully saturated rings. The molecule has 264 valence electrons. The third-order valence-electron chi connectivity index (χ3n) is 14.5. The highest BCUT2D eigenvalue weighted by molar-refractivity contribution is 5.87. The van der Waals surface area contributed by atoms with Crippen molar-refractivity contribution in [3.05, 3.63) is 12.2 Å². The summed E-state index contributed by atoms with van der Waals surface area (Å²) in [6.07, 6.45) is 32.6. The first-order valence-corrected chi connectivity index (χ1v) is 20.2. The molecule has 46 heavy (non-hydrogen) atoms. The molecule has 0 aromatic rings. The van der Waals surface area contributed by atoms with Gasteiger partial charge >= 0.3 is 5.97 Å². The molecular weight excluding hydrogens is 568 g/mol. The summed E-state index contributed by atoms with van der Waals surface area (Å²) >= 11 is 0. The van der Waals surface area contributed by atoms with Crippen molar-refractivity contribution in [1.29, 1.82) is 0 Å². The standard InChI is InChI=1S/C42H72O4/c1-5-6-7-8-9-10-11-12-13-14-15-16-17-18-19-20-38(43)42(46)30-29-40(3)33(31-42)22-23-34-36-25-24-35(32(2)21-26-39(44)45)41(36,4)28-27-37(34)40/h12-13,32-37,46H,5-11,14-31H2,1-4H3,(H,44,45)/t32-,33?,34+,35-,36+,37+,40+,41-,42-/m1/s1. The number of unbranched alkanes of at least 4 members (excludes halogenated alkanes) is 11. The number of allylic oxidation sites excluding steroid dienone is 2. The van der Waals surface area contributed by atoms with E-state index in [0.717, 1.165) is 43.9 Å². The fraction of sp³-hybridized carbons (Fsp3) is 0.905. The Bertz CT molecular complexity index is 988. The van der Waals surface area contributed by atoms with Gasteiger partial charge in [-0.15, -0.1) is 0 Å². The summed E-state index contributed by atoms with van der Waals surface area (Å²) < 4.78 is 0. The largest absolute Gasteiger partial charge is 0.481 e. The van der Waals surface area contributed by atoms with Crippen LogP contribution in [-0.2, 0) is 9.59 Å². The first-order valence-electron chi connectivity index (χ1n) is 20.2. The third-order valence-corrected chi connectivity index (χ3v) is 14.5. The first-order chi connectivity index (χ1) is 22.0. The van der Waals surface area contributed by atoms with Gasteiger partial charge in [0.15, 0.2) is 5.78 Å². The number of hydrogen-bond acceptors (Lipinski definition) is 3. The van der Waals surface area contributed by atoms with Crippen molar-refractivity contribution in [3.63, 3.8) is 0 Å². The zero-order valence-electron chi connectivity index (χ0n) is 30.5. The average molecular weight is 641 g/mol. The van der Waals surface area contributed by atoms with Crippen molar-refractivity contribution >= 4 is 11.8 Å². The van der Waals surface area contributed by atoms with Crippen molar-refractivity contribution in [2.24, 2.45) is 46.3 Å². The van der Waals surface area contributed by atoms with Crippen molar-refractivity contribution in [2.45, 2.75) is 194 Å². The minimum Gasteiger partial charge on any atom is -0.481 e. The molecule has 0 aromatic heterocycles. The van der Waals surface area contributed by atoms with Gasteiger partial charge in [-0.3, -0.25) is 9.59 Å². The molecule has 4 rings (SSSR count). The van der Waals surface area contributed by atoms with E-state index in [1.807, 2.05) is 0 Å². The lowest BCUT2D eigenvalue weighted by atomic mass is 9.43. The molecule has 0 heterocycles. The van der Waals surface area contributed by atoms with Crippen LogP contribution in [-0.4, -0.2) is 27.6 Å². The van der Waals surface area contributed by atoms with Gasteiger partial charge in [-0.05, 0) is 143 Å². The average Bonchev–Trinajstić information content (AvgIpc) is 3.39. The van der Waals surface area contributed by atoms with Crippen LogP contribution in [0.3, 0.4) is 0 Å². The number of carbonyl (C=O) groups excluding carboxylic acids is 1. The van der Waals surface area contributed by atoms with Crippen LogP contribution in [0.15, 0.2) is 12.2 Å². The summed E-state index contributed by atoms with van der Waals surface area (Å²) in [5.74, 6) is 3.27. The summed E-state index contributed by atoms with van der Waals surface area (Å²) in [6.45, 7) is 9.65. The number of aliphatic carboxylic acids is 1. The molecule has 0 bridgehead atoms. The highest BCUT2D eigenvalue weighted by Crippen LogP contribution is 2.69. The van der Waals surface area contributed by atoms with Crippen LogP contribution < -0.4 is 0 Å². The number of rotatable bonds is 20. The van der Waals surface area contributed by atoms with E-state index in [4.69, 9.17) is 0 Å². The van der Waals surface area contributed by atoms with Gasteiger partial charge < -0.3 is 10.2 Å². The summed E-state index contributed by atoms with van der Waals surface area (Å²) in [5, 5.41) is 20.9. The summed E-state index contributed by atoms with van der Waals surface area (Å²) in [6, 6.07) is 0. The smallest absolute Gasteiger partial charge is 0.303 e. The highest BCUT2D eigenvalue weighted by Gasteiger charge is 2.62. The van der Waals surface area contributed by atoms with Crippen LogP contribution in [0, 0.1) is 46.3 Å². The van der Waals surface area contributed by atoms with Crippen LogP contribution in [0.2, 0.25) is 0 Å². The molecular formula is C42H72O4. The summed E-state index contributed by atoms with van der Waals surface area (Å²) in [7, 11) is 0. The van der Waals surface area contributed by atoms with Gasteiger partial charge in [0.2, 0.25) is 0 Å². The predicted molar refractivity (Wildman–Crippen MR) is 191 cm³/mol. The van der Waals surface area contributed by atoms with Crippen molar-refractivity contribution in [3.8, 4) is 0 Å². The van der Waals surface area contributed by atoms with E-state index in [2.05, 4.69) is 39.8 Å². The van der Waals surface area contributed by atoms with E-state index in [-0.39, 0.29) is 11.2 Å². The maximum Gasteiger partial charge on any atom is 0.303 e. The van der Waals surface area contributed by atoms with E-state index >= 15 is 0 Å². The number of hydrogen-bond donors (Lipinski definition) is 2. The Morgan fingerprint density at radius 1 is 0.739 bits per heavy atom. The van der Waals surface area contributed by atoms with Crippen molar-refractivity contribution < 1.29 is 19.8 Å². The lowest BCUT2D eigenvalue weighted by Gasteiger charge is -2.62. The predicted octanol–water partition coefficient (Wildman–Crippen LogP) is 11.5. The van der Waals surface area contributed by atoms with Crippen LogP contribution in [0.4, 0.5) is 0 Å². The Kier molecular flexibility index (Phi) is 14.3. The van der Waals surface area contributed by atoms with Gasteiger partial charge in [0.25, 0.3) is 0 Å². The normalized spacial score (nSPS) is 36.2. The van der Waals surface area contributed by atoms with Gasteiger partial charge in [0, 0.05) is 12.8 Å².